The summed E-state index contributed by atoms with van der Waals surface area (Å²) >= 11 is 0. The average molecular weight is 1510 g/mol. The van der Waals surface area contributed by atoms with Gasteiger partial charge in [0.25, 0.3) is 0 Å². The Morgan fingerprint density at radius 2 is 0.447 bits per heavy atom. The van der Waals surface area contributed by atoms with Crippen molar-refractivity contribution in [1.82, 2.24) is 0 Å². The van der Waals surface area contributed by atoms with Crippen molar-refractivity contribution in [1.29, 1.82) is 0 Å². The van der Waals surface area contributed by atoms with Crippen LogP contribution in [0, 0.1) is 17.8 Å². The SMILES string of the molecule is CCCCCCCCCCCCCCCCCCCC(=O)OC[C@H](COP(=O)(O)OC[C@@H](O)COP(=O)(O)OC[C@@H](COC(=O)CCCCCCCCCCC(C)C)OC(=O)CCCCCCCCCCCCCCCC(C)C)OC(=O)CCCCCCCCCCCCCCCCCCC(C)C. The third-order valence-corrected chi connectivity index (χ3v) is 21.5. The number of unbranched alkanes of at least 4 members (excludes halogenated alkanes) is 50. The molecule has 19 heteroatoms. The normalized spacial score (nSPS) is 13.9. The fourth-order valence-electron chi connectivity index (χ4n) is 13.0. The van der Waals surface area contributed by atoms with Gasteiger partial charge in [-0.05, 0) is 43.4 Å². The average Bonchev–Trinajstić information content (AvgIpc) is 0.916. The van der Waals surface area contributed by atoms with Crippen LogP contribution in [0.4, 0.5) is 0 Å². The maximum Gasteiger partial charge on any atom is 0.472 e. The van der Waals surface area contributed by atoms with Crippen LogP contribution in [-0.2, 0) is 65.4 Å². The van der Waals surface area contributed by atoms with Gasteiger partial charge in [0.05, 0.1) is 26.4 Å². The molecule has 17 nitrogen and oxygen atoms in total. The predicted octanol–water partition coefficient (Wildman–Crippen LogP) is 25.3. The zero-order valence-electron chi connectivity index (χ0n) is 67.8. The number of aliphatic hydroxyl groups excluding tert-OH is 1. The van der Waals surface area contributed by atoms with E-state index in [-0.39, 0.29) is 25.7 Å². The van der Waals surface area contributed by atoms with Crippen molar-refractivity contribution in [2.75, 3.05) is 39.6 Å². The Hall–Kier alpha value is -1.94. The molecule has 2 unspecified atom stereocenters. The molecule has 3 N–H and O–H groups in total. The summed E-state index contributed by atoms with van der Waals surface area (Å²) in [7, 11) is -9.93. The van der Waals surface area contributed by atoms with Gasteiger partial charge in [0.2, 0.25) is 0 Å². The van der Waals surface area contributed by atoms with E-state index in [1.54, 1.807) is 0 Å². The van der Waals surface area contributed by atoms with Crippen molar-refractivity contribution in [2.24, 2.45) is 17.8 Å². The van der Waals surface area contributed by atoms with Gasteiger partial charge in [0.1, 0.15) is 19.3 Å². The Morgan fingerprint density at radius 1 is 0.262 bits per heavy atom. The first-order valence-electron chi connectivity index (χ1n) is 43.3. The van der Waals surface area contributed by atoms with Crippen molar-refractivity contribution < 1.29 is 80.2 Å². The first-order valence-corrected chi connectivity index (χ1v) is 46.3. The zero-order chi connectivity index (χ0) is 75.8. The van der Waals surface area contributed by atoms with Crippen LogP contribution in [0.3, 0.4) is 0 Å². The molecule has 0 rings (SSSR count). The minimum Gasteiger partial charge on any atom is -0.462 e. The lowest BCUT2D eigenvalue weighted by atomic mass is 10.0. The van der Waals surface area contributed by atoms with E-state index < -0.39 is 97.5 Å². The number of carbonyl (C=O) groups excluding carboxylic acids is 4. The summed E-state index contributed by atoms with van der Waals surface area (Å²) in [6.07, 6.45) is 63.8. The molecule has 5 atom stereocenters. The van der Waals surface area contributed by atoms with Gasteiger partial charge in [0.15, 0.2) is 12.2 Å². The summed E-state index contributed by atoms with van der Waals surface area (Å²) in [5.74, 6) is 0.215. The highest BCUT2D eigenvalue weighted by Gasteiger charge is 2.30. The smallest absolute Gasteiger partial charge is 0.462 e. The van der Waals surface area contributed by atoms with Gasteiger partial charge in [-0.15, -0.1) is 0 Å². The third-order valence-electron chi connectivity index (χ3n) is 19.6. The maximum absolute atomic E-state index is 13.1. The zero-order valence-corrected chi connectivity index (χ0v) is 69.6. The number of hydrogen-bond donors (Lipinski definition) is 3. The molecule has 0 bridgehead atoms. The van der Waals surface area contributed by atoms with E-state index >= 15 is 0 Å². The number of hydrogen-bond acceptors (Lipinski definition) is 15. The second kappa shape index (κ2) is 74.2. The van der Waals surface area contributed by atoms with Gasteiger partial charge in [-0.3, -0.25) is 37.3 Å². The van der Waals surface area contributed by atoms with Crippen molar-refractivity contribution >= 4 is 39.5 Å². The molecular weight excluding hydrogens is 1340 g/mol. The van der Waals surface area contributed by atoms with Crippen LogP contribution in [0.1, 0.15) is 440 Å². The Balaban J connectivity index is 5.25. The fraction of sp³-hybridized carbons (Fsp3) is 0.952. The molecule has 0 aliphatic rings. The summed E-state index contributed by atoms with van der Waals surface area (Å²) in [6, 6.07) is 0. The molecule has 0 aliphatic carbocycles. The van der Waals surface area contributed by atoms with Gasteiger partial charge >= 0.3 is 39.5 Å². The molecule has 0 aromatic carbocycles. The predicted molar refractivity (Wildman–Crippen MR) is 423 cm³/mol. The van der Waals surface area contributed by atoms with Crippen LogP contribution in [0.15, 0.2) is 0 Å². The highest BCUT2D eigenvalue weighted by molar-refractivity contribution is 7.47. The highest BCUT2D eigenvalue weighted by atomic mass is 31.2. The fourth-order valence-corrected chi connectivity index (χ4v) is 14.6. The summed E-state index contributed by atoms with van der Waals surface area (Å²) in [6.45, 7) is 12.0. The number of aliphatic hydroxyl groups is 1. The standard InChI is InChI=1S/C84H164O17P2/c1-8-9-10-11-12-13-14-15-16-17-21-26-31-36-44-51-58-65-81(86)94-71-79(100-83(88)67-60-53-46-37-32-27-22-19-18-20-24-29-34-41-48-55-62-75(2)3)73-98-102(90,91)96-69-78(85)70-97-103(92,93)99-74-80(72-95-82(87)66-59-52-45-40-39-43-50-57-64-77(6)7)101-84(89)68-61-54-47-38-33-28-23-25-30-35-42-49-56-63-76(4)5/h75-80,85H,8-74H2,1-7H3,(H,90,91)(H,92,93)/t78-,79-,80-/m1/s1. The quantitative estimate of drug-likeness (QED) is 0.0222. The Bertz CT molecular complexity index is 1990. The molecule has 0 aromatic heterocycles. The van der Waals surface area contributed by atoms with E-state index in [9.17, 15) is 43.2 Å². The minimum atomic E-state index is -4.96. The molecule has 0 spiro atoms. The number of ether oxygens (including phenoxy) is 4. The number of carbonyl (C=O) groups is 4. The molecule has 0 saturated carbocycles. The Kier molecular flexibility index (Phi) is 72.8. The topological polar surface area (TPSA) is 237 Å². The minimum absolute atomic E-state index is 0.107. The number of phosphoric acid groups is 2. The van der Waals surface area contributed by atoms with Crippen LogP contribution >= 0.6 is 15.6 Å². The largest absolute Gasteiger partial charge is 0.472 e. The maximum atomic E-state index is 13.1. The second-order valence-electron chi connectivity index (χ2n) is 31.6. The van der Waals surface area contributed by atoms with Crippen LogP contribution < -0.4 is 0 Å². The third kappa shape index (κ3) is 78.0. The summed E-state index contributed by atoms with van der Waals surface area (Å²) in [4.78, 5) is 73.2. The Morgan fingerprint density at radius 3 is 0.660 bits per heavy atom. The number of esters is 4. The van der Waals surface area contributed by atoms with Crippen molar-refractivity contribution in [3.05, 3.63) is 0 Å². The lowest BCUT2D eigenvalue weighted by molar-refractivity contribution is -0.161. The molecule has 612 valence electrons. The molecule has 0 radical (unpaired) electrons. The molecule has 0 heterocycles. The molecule has 0 aliphatic heterocycles. The summed E-state index contributed by atoms with van der Waals surface area (Å²) in [5, 5.41) is 10.7. The second-order valence-corrected chi connectivity index (χ2v) is 34.6. The van der Waals surface area contributed by atoms with Crippen LogP contribution in [0.2, 0.25) is 0 Å². The number of phosphoric ester groups is 2. The molecule has 0 amide bonds. The lowest BCUT2D eigenvalue weighted by Crippen LogP contribution is -2.30. The summed E-state index contributed by atoms with van der Waals surface area (Å²) in [5.41, 5.74) is 0. The highest BCUT2D eigenvalue weighted by Crippen LogP contribution is 2.45. The molecular formula is C84H164O17P2. The van der Waals surface area contributed by atoms with Gasteiger partial charge in [-0.2, -0.15) is 0 Å². The number of rotatable bonds is 82. The molecule has 0 aromatic rings. The molecule has 0 saturated heterocycles. The summed E-state index contributed by atoms with van der Waals surface area (Å²) < 4.78 is 68.8. The van der Waals surface area contributed by atoms with E-state index in [0.29, 0.717) is 25.7 Å². The van der Waals surface area contributed by atoms with Gasteiger partial charge < -0.3 is 33.8 Å². The van der Waals surface area contributed by atoms with E-state index in [1.807, 2.05) is 0 Å². The van der Waals surface area contributed by atoms with Gasteiger partial charge in [0, 0.05) is 25.7 Å². The van der Waals surface area contributed by atoms with E-state index in [1.165, 1.54) is 250 Å². The molecule has 103 heavy (non-hydrogen) atoms. The van der Waals surface area contributed by atoms with Crippen LogP contribution in [0.25, 0.3) is 0 Å². The molecule has 0 fully saturated rings. The first-order chi connectivity index (χ1) is 49.7. The van der Waals surface area contributed by atoms with Crippen LogP contribution in [0.5, 0.6) is 0 Å². The first kappa shape index (κ1) is 101. The van der Waals surface area contributed by atoms with E-state index in [0.717, 1.165) is 108 Å². The van der Waals surface area contributed by atoms with Crippen molar-refractivity contribution in [3.63, 3.8) is 0 Å². The Labute approximate surface area is 632 Å². The van der Waals surface area contributed by atoms with Gasteiger partial charge in [-0.1, -0.05) is 389 Å². The van der Waals surface area contributed by atoms with E-state index in [4.69, 9.17) is 37.0 Å². The van der Waals surface area contributed by atoms with Gasteiger partial charge in [-0.25, -0.2) is 9.13 Å². The van der Waals surface area contributed by atoms with Crippen LogP contribution in [-0.4, -0.2) is 96.7 Å². The lowest BCUT2D eigenvalue weighted by Gasteiger charge is -2.21. The van der Waals surface area contributed by atoms with E-state index in [2.05, 4.69) is 48.5 Å². The monoisotopic (exact) mass is 1510 g/mol. The van der Waals surface area contributed by atoms with Crippen molar-refractivity contribution in [3.8, 4) is 0 Å². The van der Waals surface area contributed by atoms with Crippen molar-refractivity contribution in [2.45, 2.75) is 458 Å².